The van der Waals surface area contributed by atoms with Crippen LogP contribution in [0.5, 0.6) is 0 Å². The molecule has 1 radical (unpaired) electrons. The fourth-order valence-corrected chi connectivity index (χ4v) is 4.52. The summed E-state index contributed by atoms with van der Waals surface area (Å²) in [7, 11) is 0. The summed E-state index contributed by atoms with van der Waals surface area (Å²) in [6.07, 6.45) is 4.81. The van der Waals surface area contributed by atoms with Gasteiger partial charge in [-0.3, -0.25) is 0 Å². The zero-order valence-corrected chi connectivity index (χ0v) is 21.9. The first-order valence-corrected chi connectivity index (χ1v) is 12.2. The monoisotopic (exact) mass is 435 g/mol. The van der Waals surface area contributed by atoms with Crippen LogP contribution < -0.4 is 0 Å². The average molecular weight is 436 g/mol. The minimum Gasteiger partial charge on any atom is -0.0622 e. The summed E-state index contributed by atoms with van der Waals surface area (Å²) in [5.41, 5.74) is 12.4. The molecule has 0 saturated carbocycles. The van der Waals surface area contributed by atoms with Crippen molar-refractivity contribution in [1.82, 2.24) is 0 Å². The van der Waals surface area contributed by atoms with E-state index >= 15 is 0 Å². The van der Waals surface area contributed by atoms with Crippen molar-refractivity contribution in [2.24, 2.45) is 5.41 Å². The summed E-state index contributed by atoms with van der Waals surface area (Å²) in [5, 5.41) is 0. The van der Waals surface area contributed by atoms with Crippen molar-refractivity contribution in [2.45, 2.75) is 73.1 Å². The van der Waals surface area contributed by atoms with Gasteiger partial charge in [-0.25, -0.2) is 0 Å². The summed E-state index contributed by atoms with van der Waals surface area (Å²) in [4.78, 5) is 0. The molecule has 0 heteroatoms. The topological polar surface area (TPSA) is 0 Å². The van der Waals surface area contributed by atoms with Gasteiger partial charge in [0.15, 0.2) is 0 Å². The predicted molar refractivity (Wildman–Crippen MR) is 146 cm³/mol. The average Bonchev–Trinajstić information content (AvgIpc) is 3.17. The number of rotatable bonds is 2. The molecule has 0 bridgehead atoms. The Morgan fingerprint density at radius 3 is 1.64 bits per heavy atom. The Labute approximate surface area is 201 Å². The molecule has 0 aromatic heterocycles. The lowest BCUT2D eigenvalue weighted by Crippen LogP contribution is -2.16. The minimum absolute atomic E-state index is 0.0827. The number of hydrogen-bond donors (Lipinski definition) is 0. The molecule has 0 aliphatic heterocycles. The zero-order chi connectivity index (χ0) is 24.2. The van der Waals surface area contributed by atoms with Gasteiger partial charge in [0.2, 0.25) is 0 Å². The maximum absolute atomic E-state index is 2.43. The van der Waals surface area contributed by atoms with Crippen LogP contribution in [-0.4, -0.2) is 0 Å². The summed E-state index contributed by atoms with van der Waals surface area (Å²) in [6, 6.07) is 22.7. The van der Waals surface area contributed by atoms with Gasteiger partial charge in [-0.2, -0.15) is 0 Å². The molecule has 3 aromatic rings. The Kier molecular flexibility index (Phi) is 5.72. The lowest BCUT2D eigenvalue weighted by Gasteiger charge is -2.27. The molecule has 171 valence electrons. The number of allylic oxidation sites excluding steroid dienone is 1. The maximum atomic E-state index is 2.43. The smallest absolute Gasteiger partial charge is 0.0170 e. The van der Waals surface area contributed by atoms with Crippen LogP contribution in [0.2, 0.25) is 0 Å². The molecular formula is C33H39. The summed E-state index contributed by atoms with van der Waals surface area (Å²) in [6.45, 7) is 20.8. The maximum Gasteiger partial charge on any atom is 0.0170 e. The molecule has 3 aromatic carbocycles. The van der Waals surface area contributed by atoms with Crippen molar-refractivity contribution in [2.75, 3.05) is 0 Å². The van der Waals surface area contributed by atoms with E-state index in [0.29, 0.717) is 0 Å². The van der Waals surface area contributed by atoms with Gasteiger partial charge in [-0.05, 0) is 60.8 Å². The molecule has 0 heterocycles. The molecule has 0 atom stereocenters. The van der Waals surface area contributed by atoms with Gasteiger partial charge in [0.1, 0.15) is 0 Å². The second-order valence-electron chi connectivity index (χ2n) is 12.7. The second kappa shape index (κ2) is 8.01. The Bertz CT molecular complexity index is 1170. The highest BCUT2D eigenvalue weighted by Crippen LogP contribution is 2.46. The van der Waals surface area contributed by atoms with Gasteiger partial charge in [-0.15, -0.1) is 0 Å². The number of hydrogen-bond acceptors (Lipinski definition) is 0. The largest absolute Gasteiger partial charge is 0.0622 e. The van der Waals surface area contributed by atoms with E-state index in [0.717, 1.165) is 0 Å². The van der Waals surface area contributed by atoms with Crippen LogP contribution in [0.15, 0.2) is 66.2 Å². The third-order valence-corrected chi connectivity index (χ3v) is 6.79. The summed E-state index contributed by atoms with van der Waals surface area (Å²) >= 11 is 0. The van der Waals surface area contributed by atoms with Gasteiger partial charge in [-0.1, -0.05) is 135 Å². The molecule has 1 aliphatic rings. The van der Waals surface area contributed by atoms with Crippen LogP contribution in [0, 0.1) is 11.8 Å². The number of benzene rings is 3. The quantitative estimate of drug-likeness (QED) is 0.376. The molecular weight excluding hydrogens is 396 g/mol. The van der Waals surface area contributed by atoms with E-state index in [1.807, 2.05) is 0 Å². The van der Waals surface area contributed by atoms with Crippen molar-refractivity contribution >= 4 is 6.08 Å². The van der Waals surface area contributed by atoms with E-state index in [2.05, 4.69) is 135 Å². The van der Waals surface area contributed by atoms with Crippen molar-refractivity contribution < 1.29 is 0 Å². The molecule has 1 aliphatic carbocycles. The fourth-order valence-electron chi connectivity index (χ4n) is 4.52. The number of fused-ring (bicyclic) bond motifs is 1. The van der Waals surface area contributed by atoms with E-state index in [-0.39, 0.29) is 16.2 Å². The van der Waals surface area contributed by atoms with E-state index in [4.69, 9.17) is 0 Å². The van der Waals surface area contributed by atoms with Crippen LogP contribution in [0.4, 0.5) is 0 Å². The van der Waals surface area contributed by atoms with Crippen LogP contribution in [0.3, 0.4) is 0 Å². The first-order chi connectivity index (χ1) is 15.2. The molecule has 0 saturated heterocycles. The molecule has 4 rings (SSSR count). The Balaban J connectivity index is 2.07. The van der Waals surface area contributed by atoms with Gasteiger partial charge < -0.3 is 0 Å². The highest BCUT2D eigenvalue weighted by atomic mass is 14.3. The highest BCUT2D eigenvalue weighted by molar-refractivity contribution is 5.94. The van der Waals surface area contributed by atoms with E-state index in [9.17, 15) is 0 Å². The zero-order valence-electron chi connectivity index (χ0n) is 21.9. The van der Waals surface area contributed by atoms with Gasteiger partial charge in [0, 0.05) is 6.42 Å². The lowest BCUT2D eigenvalue weighted by molar-refractivity contribution is 0.516. The molecule has 0 unspecified atom stereocenters. The van der Waals surface area contributed by atoms with Crippen molar-refractivity contribution in [3.63, 3.8) is 0 Å². The molecule has 0 nitrogen and oxygen atoms in total. The normalized spacial score (nSPS) is 14.3. The van der Waals surface area contributed by atoms with Crippen molar-refractivity contribution in [3.05, 3.63) is 94.9 Å². The third kappa shape index (κ3) is 4.72. The predicted octanol–water partition coefficient (Wildman–Crippen LogP) is 9.61. The third-order valence-electron chi connectivity index (χ3n) is 6.79. The van der Waals surface area contributed by atoms with E-state index in [1.165, 1.54) is 50.1 Å². The van der Waals surface area contributed by atoms with Crippen LogP contribution >= 0.6 is 0 Å². The Hall–Kier alpha value is -2.60. The summed E-state index contributed by atoms with van der Waals surface area (Å²) in [5.74, 6) is 0. The standard InChI is InChI=1S/C33H39/c1-31(2,3)25-18-24(19-26(20-25)32(4,5)6)30-28(22-13-11-10-12-14-22)16-15-23-17-27(21-29(23)30)33(7,8)9/h10-21H,1-9H3. The van der Waals surface area contributed by atoms with Gasteiger partial charge in [0.05, 0.1) is 0 Å². The molecule has 0 amide bonds. The van der Waals surface area contributed by atoms with Crippen LogP contribution in [0.25, 0.3) is 28.3 Å². The van der Waals surface area contributed by atoms with Gasteiger partial charge >= 0.3 is 0 Å². The second-order valence-corrected chi connectivity index (χ2v) is 12.7. The molecule has 33 heavy (non-hydrogen) atoms. The van der Waals surface area contributed by atoms with Crippen molar-refractivity contribution in [1.29, 1.82) is 0 Å². The summed E-state index contributed by atoms with van der Waals surface area (Å²) < 4.78 is 0. The van der Waals surface area contributed by atoms with E-state index in [1.54, 1.807) is 0 Å². The first-order valence-electron chi connectivity index (χ1n) is 12.2. The minimum atomic E-state index is 0.0827. The Morgan fingerprint density at radius 2 is 1.12 bits per heavy atom. The highest BCUT2D eigenvalue weighted by Gasteiger charge is 2.28. The Morgan fingerprint density at radius 1 is 0.545 bits per heavy atom. The fraction of sp³-hybridized carbons (Fsp3) is 0.364. The van der Waals surface area contributed by atoms with E-state index < -0.39 is 0 Å². The molecule has 0 fully saturated rings. The van der Waals surface area contributed by atoms with Crippen LogP contribution in [0.1, 0.15) is 84.6 Å². The molecule has 0 spiro atoms. The molecule has 0 N–H and O–H groups in total. The first kappa shape index (κ1) is 23.6. The van der Waals surface area contributed by atoms with Crippen LogP contribution in [-0.2, 0) is 10.8 Å². The van der Waals surface area contributed by atoms with Gasteiger partial charge in [0.25, 0.3) is 0 Å². The SMILES string of the molecule is CC(C)(C)C1=Cc2c(ccc(-c3ccccc3)c2-c2cc(C(C)(C)C)cc(C(C)(C)C)c2)[CH]1. The lowest BCUT2D eigenvalue weighted by atomic mass is 9.77. The van der Waals surface area contributed by atoms with Crippen molar-refractivity contribution in [3.8, 4) is 22.3 Å².